The van der Waals surface area contributed by atoms with Crippen LogP contribution in [0.25, 0.3) is 11.0 Å². The molecule has 0 saturated heterocycles. The number of benzene rings is 3. The van der Waals surface area contributed by atoms with E-state index in [2.05, 4.69) is 4.72 Å². The minimum atomic E-state index is -4.17. The monoisotopic (exact) mass is 486 g/mol. The first-order valence-electron chi connectivity index (χ1n) is 9.24. The fourth-order valence-electron chi connectivity index (χ4n) is 2.86. The van der Waals surface area contributed by atoms with Crippen LogP contribution in [0.3, 0.4) is 0 Å². The van der Waals surface area contributed by atoms with Gasteiger partial charge in [0.2, 0.25) is 0 Å². The van der Waals surface area contributed by atoms with Crippen molar-refractivity contribution in [2.45, 2.75) is 9.79 Å². The number of nitro groups is 1. The van der Waals surface area contributed by atoms with E-state index in [-0.39, 0.29) is 32.5 Å². The molecule has 0 fully saturated rings. The molecule has 0 aliphatic heterocycles. The second kappa shape index (κ2) is 8.84. The first-order chi connectivity index (χ1) is 15.7. The van der Waals surface area contributed by atoms with Crippen LogP contribution in [0.5, 0.6) is 5.75 Å². The number of nitro benzene ring substituents is 1. The van der Waals surface area contributed by atoms with Crippen LogP contribution in [-0.2, 0) is 21.1 Å². The van der Waals surface area contributed by atoms with Gasteiger partial charge < -0.3 is 8.60 Å². The van der Waals surface area contributed by atoms with Crippen molar-refractivity contribution in [2.75, 3.05) is 4.72 Å². The summed E-state index contributed by atoms with van der Waals surface area (Å²) in [5.74, 6) is -0.184. The molecule has 10 nitrogen and oxygen atoms in total. The van der Waals surface area contributed by atoms with Gasteiger partial charge in [-0.05, 0) is 36.4 Å². The molecule has 168 valence electrons. The van der Waals surface area contributed by atoms with Crippen molar-refractivity contribution < 1.29 is 26.2 Å². The third-order valence-corrected chi connectivity index (χ3v) is 6.77. The SMILES string of the molecule is O=c1oc2c(OS(=O)(=O)c3ccccc3)cccc2cc1NS(=O)c1ccc([N+](=O)[O-])cc1. The van der Waals surface area contributed by atoms with Gasteiger partial charge in [-0.1, -0.05) is 30.3 Å². The molecule has 12 heteroatoms. The summed E-state index contributed by atoms with van der Waals surface area (Å²) in [6, 6.07) is 18.2. The molecule has 0 aliphatic carbocycles. The van der Waals surface area contributed by atoms with Crippen LogP contribution in [-0.4, -0.2) is 17.6 Å². The summed E-state index contributed by atoms with van der Waals surface area (Å²) in [6.45, 7) is 0. The van der Waals surface area contributed by atoms with Crippen molar-refractivity contribution in [1.82, 2.24) is 0 Å². The lowest BCUT2D eigenvalue weighted by Crippen LogP contribution is -2.14. The molecule has 4 rings (SSSR count). The van der Waals surface area contributed by atoms with E-state index in [0.29, 0.717) is 5.39 Å². The predicted molar refractivity (Wildman–Crippen MR) is 120 cm³/mol. The Labute approximate surface area is 189 Å². The highest BCUT2D eigenvalue weighted by molar-refractivity contribution is 7.87. The Hall–Kier alpha value is -4.03. The molecular weight excluding hydrogens is 472 g/mol. The van der Waals surface area contributed by atoms with E-state index in [1.807, 2.05) is 0 Å². The van der Waals surface area contributed by atoms with Crippen LogP contribution in [0, 0.1) is 10.1 Å². The lowest BCUT2D eigenvalue weighted by atomic mass is 10.2. The van der Waals surface area contributed by atoms with Crippen molar-refractivity contribution >= 4 is 43.4 Å². The Bertz CT molecular complexity index is 1530. The van der Waals surface area contributed by atoms with Crippen LogP contribution < -0.4 is 14.5 Å². The Kier molecular flexibility index (Phi) is 5.94. The topological polar surface area (TPSA) is 146 Å². The van der Waals surface area contributed by atoms with Crippen LogP contribution in [0.4, 0.5) is 11.4 Å². The quantitative estimate of drug-likeness (QED) is 0.180. The molecule has 0 radical (unpaired) electrons. The van der Waals surface area contributed by atoms with Crippen molar-refractivity contribution in [2.24, 2.45) is 0 Å². The lowest BCUT2D eigenvalue weighted by Gasteiger charge is -2.10. The number of para-hydroxylation sites is 1. The van der Waals surface area contributed by atoms with Gasteiger partial charge in [0, 0.05) is 17.5 Å². The Balaban J connectivity index is 1.64. The minimum absolute atomic E-state index is 0.0684. The van der Waals surface area contributed by atoms with Gasteiger partial charge in [-0.3, -0.25) is 14.8 Å². The highest BCUT2D eigenvalue weighted by Gasteiger charge is 2.20. The summed E-state index contributed by atoms with van der Waals surface area (Å²) < 4.78 is 50.5. The van der Waals surface area contributed by atoms with Gasteiger partial charge in [-0.25, -0.2) is 9.00 Å². The zero-order valence-corrected chi connectivity index (χ0v) is 18.2. The van der Waals surface area contributed by atoms with E-state index in [1.165, 1.54) is 54.6 Å². The average molecular weight is 486 g/mol. The second-order valence-electron chi connectivity index (χ2n) is 6.59. The van der Waals surface area contributed by atoms with E-state index in [0.717, 1.165) is 0 Å². The van der Waals surface area contributed by atoms with Crippen molar-refractivity contribution in [3.63, 3.8) is 0 Å². The number of anilines is 1. The summed E-state index contributed by atoms with van der Waals surface area (Å²) in [4.78, 5) is 22.8. The number of nitrogens with zero attached hydrogens (tertiary/aromatic N) is 1. The molecular formula is C21H14N2O8S2. The number of hydrogen-bond donors (Lipinski definition) is 1. The molecule has 1 atom stereocenters. The standard InChI is InChI=1S/C21H14N2O8S2/c24-21-18(22-32(27)16-11-9-15(10-12-16)23(25)26)13-14-5-4-8-19(20(14)30-21)31-33(28,29)17-6-2-1-3-7-17/h1-13,22H. The lowest BCUT2D eigenvalue weighted by molar-refractivity contribution is -0.384. The summed E-state index contributed by atoms with van der Waals surface area (Å²) in [5.41, 5.74) is -1.33. The molecule has 0 aliphatic rings. The van der Waals surface area contributed by atoms with Gasteiger partial charge in [0.05, 0.1) is 9.82 Å². The van der Waals surface area contributed by atoms with Gasteiger partial charge in [0.1, 0.15) is 21.6 Å². The van der Waals surface area contributed by atoms with Crippen LogP contribution in [0.1, 0.15) is 0 Å². The first kappa shape index (κ1) is 22.2. The zero-order chi connectivity index (χ0) is 23.6. The largest absolute Gasteiger partial charge is 0.417 e. The molecule has 3 aromatic carbocycles. The molecule has 4 aromatic rings. The number of hydrogen-bond acceptors (Lipinski definition) is 8. The Morgan fingerprint density at radius 3 is 2.33 bits per heavy atom. The summed E-state index contributed by atoms with van der Waals surface area (Å²) >= 11 is 0. The second-order valence-corrected chi connectivity index (χ2v) is 9.35. The third-order valence-electron chi connectivity index (χ3n) is 4.42. The smallest absolute Gasteiger partial charge is 0.360 e. The normalized spacial score (nSPS) is 12.2. The van der Waals surface area contributed by atoms with Crippen LogP contribution in [0.15, 0.2) is 97.9 Å². The molecule has 1 aromatic heterocycles. The highest BCUT2D eigenvalue weighted by atomic mass is 32.2. The maximum atomic E-state index is 12.5. The van der Waals surface area contributed by atoms with Crippen molar-refractivity contribution in [1.29, 1.82) is 0 Å². The summed E-state index contributed by atoms with van der Waals surface area (Å²) in [7, 11) is -6.08. The summed E-state index contributed by atoms with van der Waals surface area (Å²) in [5, 5.41) is 11.1. The van der Waals surface area contributed by atoms with E-state index < -0.39 is 31.7 Å². The van der Waals surface area contributed by atoms with Crippen LogP contribution in [0.2, 0.25) is 0 Å². The molecule has 1 N–H and O–H groups in total. The molecule has 0 saturated carbocycles. The van der Waals surface area contributed by atoms with E-state index in [9.17, 15) is 27.5 Å². The van der Waals surface area contributed by atoms with E-state index >= 15 is 0 Å². The predicted octanol–water partition coefficient (Wildman–Crippen LogP) is 3.60. The Morgan fingerprint density at radius 1 is 0.970 bits per heavy atom. The zero-order valence-electron chi connectivity index (χ0n) is 16.5. The maximum absolute atomic E-state index is 12.5. The van der Waals surface area contributed by atoms with Crippen LogP contribution >= 0.6 is 0 Å². The first-order valence-corrected chi connectivity index (χ1v) is 11.8. The number of nitrogens with one attached hydrogen (secondary N) is 1. The highest BCUT2D eigenvalue weighted by Crippen LogP contribution is 2.29. The van der Waals surface area contributed by atoms with Crippen molar-refractivity contribution in [3.8, 4) is 5.75 Å². The number of rotatable bonds is 7. The number of non-ortho nitro benzene ring substituents is 1. The van der Waals surface area contributed by atoms with Gasteiger partial charge in [-0.2, -0.15) is 8.42 Å². The maximum Gasteiger partial charge on any atom is 0.360 e. The molecule has 1 unspecified atom stereocenters. The van der Waals surface area contributed by atoms with E-state index in [4.69, 9.17) is 8.60 Å². The molecule has 33 heavy (non-hydrogen) atoms. The van der Waals surface area contributed by atoms with Gasteiger partial charge >= 0.3 is 15.7 Å². The van der Waals surface area contributed by atoms with Crippen molar-refractivity contribution in [3.05, 3.63) is 99.4 Å². The van der Waals surface area contributed by atoms with Gasteiger partial charge in [0.25, 0.3) is 5.69 Å². The molecule has 1 heterocycles. The number of fused-ring (bicyclic) bond motifs is 1. The molecule has 0 bridgehead atoms. The minimum Gasteiger partial charge on any atom is -0.417 e. The van der Waals surface area contributed by atoms with Gasteiger partial charge in [-0.15, -0.1) is 0 Å². The van der Waals surface area contributed by atoms with Gasteiger partial charge in [0.15, 0.2) is 11.3 Å². The fourth-order valence-corrected chi connectivity index (χ4v) is 4.66. The van der Waals surface area contributed by atoms with E-state index in [1.54, 1.807) is 24.3 Å². The molecule has 0 amide bonds. The average Bonchev–Trinajstić information content (AvgIpc) is 2.80. The summed E-state index contributed by atoms with van der Waals surface area (Å²) in [6.07, 6.45) is 0. The molecule has 0 spiro atoms. The Morgan fingerprint density at radius 2 is 1.67 bits per heavy atom. The third kappa shape index (κ3) is 4.76. The fraction of sp³-hybridized carbons (Fsp3) is 0.